The Bertz CT molecular complexity index is 657. The number of hydrogen-bond acceptors (Lipinski definition) is 5. The average Bonchev–Trinajstić information content (AvgIpc) is 2.49. The molecule has 2 heterocycles. The summed E-state index contributed by atoms with van der Waals surface area (Å²) in [5.74, 6) is -2.35. The molecule has 1 aliphatic rings. The third-order valence-corrected chi connectivity index (χ3v) is 2.75. The zero-order valence-corrected chi connectivity index (χ0v) is 12.1. The molecule has 2 unspecified atom stereocenters. The summed E-state index contributed by atoms with van der Waals surface area (Å²) in [7, 11) is 0. The van der Waals surface area contributed by atoms with Crippen LogP contribution >= 0.6 is 0 Å². The quantitative estimate of drug-likeness (QED) is 0.841. The van der Waals surface area contributed by atoms with Gasteiger partial charge in [0.25, 0.3) is 5.91 Å². The number of allylic oxidation sites excluding steroid dienone is 1. The van der Waals surface area contributed by atoms with Crippen LogP contribution in [0.25, 0.3) is 5.57 Å². The molecule has 2 atom stereocenters. The van der Waals surface area contributed by atoms with Crippen LogP contribution in [0.2, 0.25) is 0 Å². The smallest absolute Gasteiger partial charge is 0.332 e. The number of nitrogens with zero attached hydrogens (tertiary/aromatic N) is 3. The number of amides is 1. The lowest BCUT2D eigenvalue weighted by molar-refractivity contribution is -0.145. The van der Waals surface area contributed by atoms with Crippen LogP contribution < -0.4 is 0 Å². The number of aliphatic imine (C=N–C) groups is 1. The second-order valence-corrected chi connectivity index (χ2v) is 4.47. The zero-order chi connectivity index (χ0) is 16.7. The summed E-state index contributed by atoms with van der Waals surface area (Å²) >= 11 is 0. The van der Waals surface area contributed by atoms with Crippen LogP contribution in [0.5, 0.6) is 0 Å². The minimum Gasteiger partial charge on any atom is -0.479 e. The van der Waals surface area contributed by atoms with Gasteiger partial charge in [-0.05, 0) is 37.6 Å². The predicted molar refractivity (Wildman–Crippen MR) is 78.7 cm³/mol. The molecule has 2 rings (SSSR count). The molecular formula is C15H15N3O4. The van der Waals surface area contributed by atoms with E-state index in [4.69, 9.17) is 15.5 Å². The number of pyridine rings is 1. The Kier molecular flexibility index (Phi) is 6.10. The number of dihydropyridines is 1. The highest BCUT2D eigenvalue weighted by molar-refractivity contribution is 6.27. The van der Waals surface area contributed by atoms with Crippen LogP contribution in [0.1, 0.15) is 19.4 Å². The summed E-state index contributed by atoms with van der Waals surface area (Å²) in [6.45, 7) is 2.96. The highest BCUT2D eigenvalue weighted by Gasteiger charge is 2.22. The third kappa shape index (κ3) is 4.61. The van der Waals surface area contributed by atoms with Crippen LogP contribution in [0.15, 0.2) is 35.6 Å². The Labute approximate surface area is 127 Å². The van der Waals surface area contributed by atoms with Crippen molar-refractivity contribution in [3.05, 3.63) is 36.2 Å². The normalized spacial score (nSPS) is 18.1. The van der Waals surface area contributed by atoms with Crippen molar-refractivity contribution in [3.63, 3.8) is 0 Å². The van der Waals surface area contributed by atoms with Crippen LogP contribution in [0, 0.1) is 17.2 Å². The fourth-order valence-electron chi connectivity index (χ4n) is 1.58. The summed E-state index contributed by atoms with van der Waals surface area (Å²) in [5.41, 5.74) is 2.39. The van der Waals surface area contributed by atoms with Crippen LogP contribution in [-0.4, -0.2) is 38.9 Å². The number of aromatic nitrogens is 1. The van der Waals surface area contributed by atoms with E-state index in [2.05, 4.69) is 9.98 Å². The van der Waals surface area contributed by atoms with Gasteiger partial charge in [0.05, 0.1) is 6.07 Å². The number of hydrogen-bond donors (Lipinski definition) is 2. The van der Waals surface area contributed by atoms with Crippen molar-refractivity contribution in [2.75, 3.05) is 0 Å². The van der Waals surface area contributed by atoms with E-state index in [-0.39, 0.29) is 0 Å². The van der Waals surface area contributed by atoms with Crippen LogP contribution in [0.3, 0.4) is 0 Å². The second kappa shape index (κ2) is 7.81. The van der Waals surface area contributed by atoms with Gasteiger partial charge < -0.3 is 10.2 Å². The number of rotatable bonds is 2. The molecule has 0 saturated heterocycles. The lowest BCUT2D eigenvalue weighted by Crippen LogP contribution is -2.17. The summed E-state index contributed by atoms with van der Waals surface area (Å²) in [5, 5.41) is 24.6. The predicted octanol–water partition coefficient (Wildman–Crippen LogP) is 1.06. The number of aliphatic carboxylic acids is 1. The highest BCUT2D eigenvalue weighted by atomic mass is 16.4. The molecule has 0 spiro atoms. The molecule has 114 valence electrons. The van der Waals surface area contributed by atoms with E-state index in [9.17, 15) is 9.59 Å². The van der Waals surface area contributed by atoms with Gasteiger partial charge >= 0.3 is 5.97 Å². The molecule has 1 aromatic heterocycles. The minimum atomic E-state index is -1.23. The topological polar surface area (TPSA) is 124 Å². The standard InChI is InChI=1S/C12H9N3O.C3H6O3/c1-8-11(9-2-4-14-5-3-9)6-10(7-13)12(16)15-8;1-2(4)3(5)6/h2-6,10H,1H3;2,4H,1H3,(H,5,6). The molecule has 2 N–H and O–H groups in total. The third-order valence-electron chi connectivity index (χ3n) is 2.75. The van der Waals surface area contributed by atoms with Gasteiger partial charge in [-0.3, -0.25) is 9.78 Å². The molecule has 0 saturated carbocycles. The van der Waals surface area contributed by atoms with Crippen molar-refractivity contribution in [2.45, 2.75) is 20.0 Å². The fraction of sp³-hybridized carbons (Fsp3) is 0.267. The van der Waals surface area contributed by atoms with Crippen molar-refractivity contribution >= 4 is 23.2 Å². The van der Waals surface area contributed by atoms with E-state index in [1.807, 2.05) is 18.2 Å². The highest BCUT2D eigenvalue weighted by Crippen LogP contribution is 2.22. The molecule has 1 amide bonds. The van der Waals surface area contributed by atoms with Gasteiger partial charge in [-0.1, -0.05) is 0 Å². The molecule has 1 aliphatic heterocycles. The van der Waals surface area contributed by atoms with Gasteiger partial charge in [-0.25, -0.2) is 9.79 Å². The number of carbonyl (C=O) groups is 2. The number of aliphatic hydroxyl groups is 1. The molecule has 0 aliphatic carbocycles. The Balaban J connectivity index is 0.000000346. The number of nitriles is 1. The number of aliphatic hydroxyl groups excluding tert-OH is 1. The van der Waals surface area contributed by atoms with Crippen molar-refractivity contribution in [3.8, 4) is 6.07 Å². The Morgan fingerprint density at radius 2 is 1.95 bits per heavy atom. The molecule has 7 nitrogen and oxygen atoms in total. The lowest BCUT2D eigenvalue weighted by atomic mass is 9.95. The first-order valence-electron chi connectivity index (χ1n) is 6.39. The second-order valence-electron chi connectivity index (χ2n) is 4.47. The summed E-state index contributed by atoms with van der Waals surface area (Å²) < 4.78 is 0. The van der Waals surface area contributed by atoms with E-state index < -0.39 is 23.9 Å². The fourth-order valence-corrected chi connectivity index (χ4v) is 1.58. The molecule has 0 fully saturated rings. The summed E-state index contributed by atoms with van der Waals surface area (Å²) in [6.07, 6.45) is 3.76. The van der Waals surface area contributed by atoms with Crippen LogP contribution in [0.4, 0.5) is 0 Å². The van der Waals surface area contributed by atoms with Crippen LogP contribution in [-0.2, 0) is 9.59 Å². The molecule has 0 aromatic carbocycles. The monoisotopic (exact) mass is 301 g/mol. The molecular weight excluding hydrogens is 286 g/mol. The number of carboxylic acid groups (broad SMARTS) is 1. The number of carbonyl (C=O) groups excluding carboxylic acids is 1. The Morgan fingerprint density at radius 1 is 1.41 bits per heavy atom. The largest absolute Gasteiger partial charge is 0.479 e. The van der Waals surface area contributed by atoms with E-state index >= 15 is 0 Å². The van der Waals surface area contributed by atoms with E-state index in [0.717, 1.165) is 11.1 Å². The molecule has 0 radical (unpaired) electrons. The summed E-state index contributed by atoms with van der Waals surface area (Å²) in [6, 6.07) is 5.58. The van der Waals surface area contributed by atoms with Crippen molar-refractivity contribution < 1.29 is 19.8 Å². The van der Waals surface area contributed by atoms with Gasteiger partial charge in [0, 0.05) is 23.7 Å². The molecule has 1 aromatic rings. The number of carboxylic acids is 1. The van der Waals surface area contributed by atoms with Gasteiger partial charge in [-0.2, -0.15) is 5.26 Å². The van der Waals surface area contributed by atoms with Gasteiger partial charge in [0.15, 0.2) is 0 Å². The first-order chi connectivity index (χ1) is 10.4. The molecule has 7 heteroatoms. The first-order valence-corrected chi connectivity index (χ1v) is 6.39. The zero-order valence-electron chi connectivity index (χ0n) is 12.1. The van der Waals surface area contributed by atoms with Gasteiger partial charge in [0.1, 0.15) is 12.0 Å². The van der Waals surface area contributed by atoms with E-state index in [1.165, 1.54) is 6.92 Å². The SMILES string of the molecule is CC(O)C(=O)O.CC1=NC(=O)C(C#N)C=C1c1ccncc1. The first kappa shape index (κ1) is 17.2. The Hall–Kier alpha value is -2.85. The van der Waals surface area contributed by atoms with Crippen molar-refractivity contribution in [2.24, 2.45) is 10.9 Å². The molecule has 0 bridgehead atoms. The lowest BCUT2D eigenvalue weighted by Gasteiger charge is -2.13. The van der Waals surface area contributed by atoms with E-state index in [0.29, 0.717) is 5.71 Å². The van der Waals surface area contributed by atoms with Gasteiger partial charge in [-0.15, -0.1) is 0 Å². The van der Waals surface area contributed by atoms with Gasteiger partial charge in [0.2, 0.25) is 0 Å². The maximum atomic E-state index is 11.3. The van der Waals surface area contributed by atoms with Crippen molar-refractivity contribution in [1.82, 2.24) is 4.98 Å². The maximum absolute atomic E-state index is 11.3. The van der Waals surface area contributed by atoms with E-state index in [1.54, 1.807) is 25.4 Å². The average molecular weight is 301 g/mol. The van der Waals surface area contributed by atoms with Crippen molar-refractivity contribution in [1.29, 1.82) is 5.26 Å². The Morgan fingerprint density at radius 3 is 2.41 bits per heavy atom. The summed E-state index contributed by atoms with van der Waals surface area (Å²) in [4.78, 5) is 28.6. The molecule has 22 heavy (non-hydrogen) atoms. The minimum absolute atomic E-state index is 0.391. The maximum Gasteiger partial charge on any atom is 0.332 e.